The summed E-state index contributed by atoms with van der Waals surface area (Å²) in [7, 11) is 0. The minimum Gasteiger partial charge on any atom is -0.454 e. The van der Waals surface area contributed by atoms with Gasteiger partial charge in [0, 0.05) is 11.6 Å². The molecule has 0 aliphatic carbocycles. The number of halogens is 3. The van der Waals surface area contributed by atoms with Gasteiger partial charge in [-0.1, -0.05) is 12.1 Å². The van der Waals surface area contributed by atoms with Gasteiger partial charge in [-0.2, -0.15) is 0 Å². The molecule has 0 heterocycles. The highest BCUT2D eigenvalue weighted by atomic mass is 79.9. The van der Waals surface area contributed by atoms with Crippen molar-refractivity contribution in [3.63, 3.8) is 0 Å². The summed E-state index contributed by atoms with van der Waals surface area (Å²) < 4.78 is 32.7. The van der Waals surface area contributed by atoms with E-state index in [9.17, 15) is 8.78 Å². The van der Waals surface area contributed by atoms with E-state index >= 15 is 0 Å². The standard InChI is InChI=1S/C14H12BrF2NO/c1-8(18)10-3-2-4-13(17)14(10)19-9-5-6-12(16)11(15)7-9/h2-8H,18H2,1H3/t8-/m0/s1. The summed E-state index contributed by atoms with van der Waals surface area (Å²) in [6, 6.07) is 8.30. The number of hydrogen-bond donors (Lipinski definition) is 1. The third kappa shape index (κ3) is 3.11. The second-order valence-electron chi connectivity index (χ2n) is 4.12. The first-order chi connectivity index (χ1) is 8.99. The normalized spacial score (nSPS) is 12.3. The first kappa shape index (κ1) is 14.0. The van der Waals surface area contributed by atoms with E-state index in [1.165, 1.54) is 24.3 Å². The Morgan fingerprint density at radius 2 is 1.89 bits per heavy atom. The molecule has 0 spiro atoms. The topological polar surface area (TPSA) is 35.2 Å². The minimum atomic E-state index is -0.504. The molecule has 0 aliphatic rings. The van der Waals surface area contributed by atoms with Gasteiger partial charge in [0.2, 0.25) is 0 Å². The highest BCUT2D eigenvalue weighted by molar-refractivity contribution is 9.10. The molecule has 2 rings (SSSR count). The van der Waals surface area contributed by atoms with Gasteiger partial charge in [-0.05, 0) is 47.1 Å². The molecular weight excluding hydrogens is 316 g/mol. The van der Waals surface area contributed by atoms with E-state index in [1.807, 2.05) is 0 Å². The molecular formula is C14H12BrF2NO. The van der Waals surface area contributed by atoms with Crippen molar-refractivity contribution in [2.24, 2.45) is 5.73 Å². The van der Waals surface area contributed by atoms with Gasteiger partial charge in [0.15, 0.2) is 11.6 Å². The van der Waals surface area contributed by atoms with Crippen LogP contribution in [0.25, 0.3) is 0 Å². The van der Waals surface area contributed by atoms with Crippen LogP contribution in [0, 0.1) is 11.6 Å². The Kier molecular flexibility index (Phi) is 4.17. The quantitative estimate of drug-likeness (QED) is 0.898. The van der Waals surface area contributed by atoms with Gasteiger partial charge in [-0.25, -0.2) is 8.78 Å². The average molecular weight is 328 g/mol. The Bertz CT molecular complexity index is 602. The van der Waals surface area contributed by atoms with Crippen molar-refractivity contribution in [1.29, 1.82) is 0 Å². The van der Waals surface area contributed by atoms with Crippen LogP contribution in [-0.4, -0.2) is 0 Å². The molecule has 100 valence electrons. The van der Waals surface area contributed by atoms with E-state index in [2.05, 4.69) is 15.9 Å². The lowest BCUT2D eigenvalue weighted by Gasteiger charge is -2.14. The second kappa shape index (κ2) is 5.67. The van der Waals surface area contributed by atoms with Crippen LogP contribution in [0.5, 0.6) is 11.5 Å². The van der Waals surface area contributed by atoms with E-state index < -0.39 is 11.6 Å². The lowest BCUT2D eigenvalue weighted by atomic mass is 10.1. The summed E-state index contributed by atoms with van der Waals surface area (Å²) in [5, 5.41) is 0. The molecule has 0 radical (unpaired) electrons. The Morgan fingerprint density at radius 3 is 2.53 bits per heavy atom. The Morgan fingerprint density at radius 1 is 1.16 bits per heavy atom. The zero-order chi connectivity index (χ0) is 14.0. The maximum atomic E-state index is 13.8. The van der Waals surface area contributed by atoms with Gasteiger partial charge in [-0.15, -0.1) is 0 Å². The molecule has 5 heteroatoms. The van der Waals surface area contributed by atoms with Gasteiger partial charge >= 0.3 is 0 Å². The molecule has 0 fully saturated rings. The molecule has 2 aromatic carbocycles. The van der Waals surface area contributed by atoms with Crippen molar-refractivity contribution >= 4 is 15.9 Å². The zero-order valence-corrected chi connectivity index (χ0v) is 11.7. The van der Waals surface area contributed by atoms with Crippen LogP contribution in [0.15, 0.2) is 40.9 Å². The molecule has 2 aromatic rings. The smallest absolute Gasteiger partial charge is 0.167 e. The Labute approximate surface area is 118 Å². The van der Waals surface area contributed by atoms with Crippen molar-refractivity contribution in [3.05, 3.63) is 58.1 Å². The van der Waals surface area contributed by atoms with E-state index in [-0.39, 0.29) is 16.3 Å². The van der Waals surface area contributed by atoms with Crippen molar-refractivity contribution in [3.8, 4) is 11.5 Å². The lowest BCUT2D eigenvalue weighted by molar-refractivity contribution is 0.431. The van der Waals surface area contributed by atoms with E-state index in [0.29, 0.717) is 11.3 Å². The van der Waals surface area contributed by atoms with Crippen LogP contribution < -0.4 is 10.5 Å². The molecule has 19 heavy (non-hydrogen) atoms. The van der Waals surface area contributed by atoms with Crippen molar-refractivity contribution < 1.29 is 13.5 Å². The van der Waals surface area contributed by atoms with Gasteiger partial charge in [-0.3, -0.25) is 0 Å². The summed E-state index contributed by atoms with van der Waals surface area (Å²) >= 11 is 3.05. The molecule has 0 unspecified atom stereocenters. The highest BCUT2D eigenvalue weighted by Crippen LogP contribution is 2.32. The van der Waals surface area contributed by atoms with E-state index in [0.717, 1.165) is 0 Å². The second-order valence-corrected chi connectivity index (χ2v) is 4.98. The highest BCUT2D eigenvalue weighted by Gasteiger charge is 2.14. The predicted molar refractivity (Wildman–Crippen MR) is 73.2 cm³/mol. The first-order valence-electron chi connectivity index (χ1n) is 5.66. The van der Waals surface area contributed by atoms with Crippen LogP contribution in [0.2, 0.25) is 0 Å². The number of rotatable bonds is 3. The first-order valence-corrected chi connectivity index (χ1v) is 6.45. The third-order valence-corrected chi connectivity index (χ3v) is 3.21. The zero-order valence-electron chi connectivity index (χ0n) is 10.2. The molecule has 0 aliphatic heterocycles. The number of hydrogen-bond acceptors (Lipinski definition) is 2. The van der Waals surface area contributed by atoms with Crippen LogP contribution in [0.3, 0.4) is 0 Å². The van der Waals surface area contributed by atoms with E-state index in [4.69, 9.17) is 10.5 Å². The molecule has 1 atom stereocenters. The summed E-state index contributed by atoms with van der Waals surface area (Å²) in [6.45, 7) is 1.74. The van der Waals surface area contributed by atoms with Crippen molar-refractivity contribution in [1.82, 2.24) is 0 Å². The summed E-state index contributed by atoms with van der Waals surface area (Å²) in [4.78, 5) is 0. The summed E-state index contributed by atoms with van der Waals surface area (Å²) in [6.07, 6.45) is 0. The number of benzene rings is 2. The fourth-order valence-corrected chi connectivity index (χ4v) is 2.01. The number of ether oxygens (including phenoxy) is 1. The van der Waals surface area contributed by atoms with Gasteiger partial charge in [0.1, 0.15) is 11.6 Å². The monoisotopic (exact) mass is 327 g/mol. The maximum absolute atomic E-state index is 13.8. The third-order valence-electron chi connectivity index (χ3n) is 2.60. The summed E-state index contributed by atoms with van der Waals surface area (Å²) in [5.74, 6) is -0.514. The number of para-hydroxylation sites is 1. The largest absolute Gasteiger partial charge is 0.454 e. The van der Waals surface area contributed by atoms with Gasteiger partial charge < -0.3 is 10.5 Å². The van der Waals surface area contributed by atoms with Crippen molar-refractivity contribution in [2.75, 3.05) is 0 Å². The molecule has 2 N–H and O–H groups in total. The minimum absolute atomic E-state index is 0.0657. The molecule has 0 aromatic heterocycles. The Hall–Kier alpha value is -1.46. The molecule has 0 amide bonds. The molecule has 2 nitrogen and oxygen atoms in total. The molecule has 0 saturated carbocycles. The molecule has 0 saturated heterocycles. The van der Waals surface area contributed by atoms with Gasteiger partial charge in [0.05, 0.1) is 4.47 Å². The lowest BCUT2D eigenvalue weighted by Crippen LogP contribution is -2.07. The summed E-state index contributed by atoms with van der Waals surface area (Å²) in [5.41, 5.74) is 6.33. The van der Waals surface area contributed by atoms with Crippen LogP contribution >= 0.6 is 15.9 Å². The fraction of sp³-hybridized carbons (Fsp3) is 0.143. The van der Waals surface area contributed by atoms with Crippen LogP contribution in [0.4, 0.5) is 8.78 Å². The Balaban J connectivity index is 2.40. The maximum Gasteiger partial charge on any atom is 0.167 e. The van der Waals surface area contributed by atoms with Crippen molar-refractivity contribution in [2.45, 2.75) is 13.0 Å². The predicted octanol–water partition coefficient (Wildman–Crippen LogP) is 4.54. The molecule has 0 bridgehead atoms. The average Bonchev–Trinajstić information content (AvgIpc) is 2.36. The van der Waals surface area contributed by atoms with Crippen LogP contribution in [0.1, 0.15) is 18.5 Å². The SMILES string of the molecule is C[C@H](N)c1cccc(F)c1Oc1ccc(F)c(Br)c1. The van der Waals surface area contributed by atoms with E-state index in [1.54, 1.807) is 19.1 Å². The van der Waals surface area contributed by atoms with Crippen LogP contribution in [-0.2, 0) is 0 Å². The number of nitrogens with two attached hydrogens (primary N) is 1. The fourth-order valence-electron chi connectivity index (χ4n) is 1.65. The van der Waals surface area contributed by atoms with Gasteiger partial charge in [0.25, 0.3) is 0 Å².